The Labute approximate surface area is 106 Å². The van der Waals surface area contributed by atoms with E-state index in [-0.39, 0.29) is 12.1 Å². The van der Waals surface area contributed by atoms with E-state index >= 15 is 0 Å². The highest BCUT2D eigenvalue weighted by molar-refractivity contribution is 7.10. The molecule has 17 heavy (non-hydrogen) atoms. The van der Waals surface area contributed by atoms with Crippen molar-refractivity contribution in [3.05, 3.63) is 21.9 Å². The Bertz CT molecular complexity index is 387. The van der Waals surface area contributed by atoms with Crippen LogP contribution in [0.25, 0.3) is 0 Å². The Hall–Kier alpha value is -0.870. The van der Waals surface area contributed by atoms with Gasteiger partial charge in [0.2, 0.25) is 0 Å². The van der Waals surface area contributed by atoms with Crippen molar-refractivity contribution in [3.63, 3.8) is 0 Å². The van der Waals surface area contributed by atoms with E-state index < -0.39 is 0 Å². The molecule has 0 amide bonds. The van der Waals surface area contributed by atoms with Crippen LogP contribution in [-0.4, -0.2) is 18.6 Å². The molecule has 1 unspecified atom stereocenters. The second-order valence-electron chi connectivity index (χ2n) is 4.66. The minimum absolute atomic E-state index is 0.0348. The van der Waals surface area contributed by atoms with Crippen LogP contribution in [-0.2, 0) is 16.0 Å². The van der Waals surface area contributed by atoms with Gasteiger partial charge in [-0.2, -0.15) is 0 Å². The van der Waals surface area contributed by atoms with Gasteiger partial charge in [0.05, 0.1) is 12.6 Å². The van der Waals surface area contributed by atoms with E-state index in [1.165, 1.54) is 23.3 Å². The van der Waals surface area contributed by atoms with Gasteiger partial charge in [-0.05, 0) is 50.1 Å². The Kier molecular flexibility index (Phi) is 4.18. The summed E-state index contributed by atoms with van der Waals surface area (Å²) < 4.78 is 5.11. The molecule has 1 atom stereocenters. The van der Waals surface area contributed by atoms with Crippen LogP contribution in [0, 0.1) is 0 Å². The van der Waals surface area contributed by atoms with Gasteiger partial charge in [0.1, 0.15) is 0 Å². The van der Waals surface area contributed by atoms with Gasteiger partial charge in [0.15, 0.2) is 0 Å². The van der Waals surface area contributed by atoms with Crippen molar-refractivity contribution in [2.45, 2.75) is 45.3 Å². The summed E-state index contributed by atoms with van der Waals surface area (Å²) in [5.41, 5.74) is 1.37. The van der Waals surface area contributed by atoms with E-state index in [0.717, 1.165) is 6.42 Å². The maximum atomic E-state index is 11.5. The SMILES string of the molecule is CC(C)OC(=O)CNC1CCCc2sccc21. The molecule has 0 saturated heterocycles. The lowest BCUT2D eigenvalue weighted by molar-refractivity contribution is -0.146. The fraction of sp³-hybridized carbons (Fsp3) is 0.615. The van der Waals surface area contributed by atoms with Crippen LogP contribution in [0.2, 0.25) is 0 Å². The van der Waals surface area contributed by atoms with Gasteiger partial charge >= 0.3 is 5.97 Å². The topological polar surface area (TPSA) is 38.3 Å². The van der Waals surface area contributed by atoms with Crippen molar-refractivity contribution in [3.8, 4) is 0 Å². The minimum atomic E-state index is -0.164. The van der Waals surface area contributed by atoms with Crippen LogP contribution in [0.5, 0.6) is 0 Å². The maximum Gasteiger partial charge on any atom is 0.320 e. The molecule has 0 radical (unpaired) electrons. The minimum Gasteiger partial charge on any atom is -0.462 e. The van der Waals surface area contributed by atoms with Crippen molar-refractivity contribution < 1.29 is 9.53 Å². The molecule has 1 aromatic rings. The number of carbonyl (C=O) groups excluding carboxylic acids is 1. The summed E-state index contributed by atoms with van der Waals surface area (Å²) in [7, 11) is 0. The van der Waals surface area contributed by atoms with E-state index in [1.54, 1.807) is 0 Å². The molecule has 1 aliphatic rings. The molecular formula is C13H19NO2S. The fourth-order valence-electron chi connectivity index (χ4n) is 2.21. The molecule has 0 bridgehead atoms. The number of carbonyl (C=O) groups is 1. The highest BCUT2D eigenvalue weighted by Crippen LogP contribution is 2.32. The average Bonchev–Trinajstić information content (AvgIpc) is 2.73. The van der Waals surface area contributed by atoms with E-state index in [2.05, 4.69) is 16.8 Å². The summed E-state index contributed by atoms with van der Waals surface area (Å²) in [5, 5.41) is 5.44. The first-order chi connectivity index (χ1) is 8.16. The third-order valence-electron chi connectivity index (χ3n) is 2.91. The number of esters is 1. The van der Waals surface area contributed by atoms with E-state index in [1.807, 2.05) is 25.2 Å². The average molecular weight is 253 g/mol. The smallest absolute Gasteiger partial charge is 0.320 e. The zero-order valence-corrected chi connectivity index (χ0v) is 11.2. The quantitative estimate of drug-likeness (QED) is 0.838. The molecular weight excluding hydrogens is 234 g/mol. The van der Waals surface area contributed by atoms with Gasteiger partial charge in [-0.25, -0.2) is 0 Å². The van der Waals surface area contributed by atoms with Gasteiger partial charge in [-0.3, -0.25) is 10.1 Å². The third kappa shape index (κ3) is 3.30. The van der Waals surface area contributed by atoms with E-state index in [9.17, 15) is 4.79 Å². The Morgan fingerprint density at radius 2 is 2.47 bits per heavy atom. The molecule has 1 N–H and O–H groups in total. The zero-order valence-electron chi connectivity index (χ0n) is 10.4. The van der Waals surface area contributed by atoms with Crippen molar-refractivity contribution in [2.75, 3.05) is 6.54 Å². The first kappa shape index (κ1) is 12.6. The maximum absolute atomic E-state index is 11.5. The third-order valence-corrected chi connectivity index (χ3v) is 3.91. The number of rotatable bonds is 4. The number of aryl methyl sites for hydroxylation is 1. The van der Waals surface area contributed by atoms with Gasteiger partial charge in [0.25, 0.3) is 0 Å². The number of nitrogens with one attached hydrogen (secondary N) is 1. The highest BCUT2D eigenvalue weighted by Gasteiger charge is 2.21. The second-order valence-corrected chi connectivity index (χ2v) is 5.66. The molecule has 1 aromatic heterocycles. The Morgan fingerprint density at radius 1 is 1.65 bits per heavy atom. The number of hydrogen-bond acceptors (Lipinski definition) is 4. The van der Waals surface area contributed by atoms with Crippen LogP contribution in [0.4, 0.5) is 0 Å². The molecule has 0 aromatic carbocycles. The molecule has 4 heteroatoms. The van der Waals surface area contributed by atoms with Crippen molar-refractivity contribution in [1.29, 1.82) is 0 Å². The molecule has 0 aliphatic heterocycles. The molecule has 94 valence electrons. The largest absolute Gasteiger partial charge is 0.462 e. The molecule has 1 heterocycles. The second kappa shape index (κ2) is 5.65. The molecule has 0 fully saturated rings. The lowest BCUT2D eigenvalue weighted by Crippen LogP contribution is -2.31. The predicted octanol–water partition coefficient (Wildman–Crippen LogP) is 2.67. The van der Waals surface area contributed by atoms with Gasteiger partial charge in [-0.1, -0.05) is 0 Å². The first-order valence-corrected chi connectivity index (χ1v) is 7.04. The number of hydrogen-bond donors (Lipinski definition) is 1. The standard InChI is InChI=1S/C13H19NO2S/c1-9(2)16-13(15)8-14-11-4-3-5-12-10(11)6-7-17-12/h6-7,9,11,14H,3-5,8H2,1-2H3. The van der Waals surface area contributed by atoms with Crippen molar-refractivity contribution in [1.82, 2.24) is 5.32 Å². The first-order valence-electron chi connectivity index (χ1n) is 6.16. The van der Waals surface area contributed by atoms with Crippen LogP contribution in [0.15, 0.2) is 11.4 Å². The summed E-state index contributed by atoms with van der Waals surface area (Å²) >= 11 is 1.82. The van der Waals surface area contributed by atoms with Crippen molar-refractivity contribution in [2.24, 2.45) is 0 Å². The van der Waals surface area contributed by atoms with Gasteiger partial charge < -0.3 is 4.74 Å². The van der Waals surface area contributed by atoms with Crippen LogP contribution < -0.4 is 5.32 Å². The lowest BCUT2D eigenvalue weighted by atomic mass is 9.94. The van der Waals surface area contributed by atoms with Crippen molar-refractivity contribution >= 4 is 17.3 Å². The Balaban J connectivity index is 1.87. The van der Waals surface area contributed by atoms with E-state index in [0.29, 0.717) is 12.6 Å². The van der Waals surface area contributed by atoms with Gasteiger partial charge in [0, 0.05) is 10.9 Å². The van der Waals surface area contributed by atoms with Crippen LogP contribution in [0.3, 0.4) is 0 Å². The summed E-state index contributed by atoms with van der Waals surface area (Å²) in [6.07, 6.45) is 3.46. The number of fused-ring (bicyclic) bond motifs is 1. The molecule has 0 saturated carbocycles. The predicted molar refractivity (Wildman–Crippen MR) is 69.2 cm³/mol. The van der Waals surface area contributed by atoms with Gasteiger partial charge in [-0.15, -0.1) is 11.3 Å². The summed E-state index contributed by atoms with van der Waals surface area (Å²) in [5.74, 6) is -0.164. The molecule has 0 spiro atoms. The zero-order chi connectivity index (χ0) is 12.3. The molecule has 2 rings (SSSR count). The lowest BCUT2D eigenvalue weighted by Gasteiger charge is -2.23. The summed E-state index contributed by atoms with van der Waals surface area (Å²) in [6, 6.07) is 2.50. The Morgan fingerprint density at radius 3 is 3.24 bits per heavy atom. The van der Waals surface area contributed by atoms with Crippen LogP contribution >= 0.6 is 11.3 Å². The summed E-state index contributed by atoms with van der Waals surface area (Å²) in [6.45, 7) is 4.04. The molecule has 3 nitrogen and oxygen atoms in total. The van der Waals surface area contributed by atoms with Crippen LogP contribution in [0.1, 0.15) is 43.2 Å². The fourth-order valence-corrected chi connectivity index (χ4v) is 3.20. The number of thiophene rings is 1. The normalized spacial score (nSPS) is 19.1. The summed E-state index contributed by atoms with van der Waals surface area (Å²) in [4.78, 5) is 12.9. The number of ether oxygens (including phenoxy) is 1. The highest BCUT2D eigenvalue weighted by atomic mass is 32.1. The molecule has 1 aliphatic carbocycles. The monoisotopic (exact) mass is 253 g/mol. The van der Waals surface area contributed by atoms with E-state index in [4.69, 9.17) is 4.74 Å².